The van der Waals surface area contributed by atoms with Gasteiger partial charge in [-0.2, -0.15) is 0 Å². The van der Waals surface area contributed by atoms with E-state index in [1.807, 2.05) is 60.7 Å². The van der Waals surface area contributed by atoms with Crippen LogP contribution in [0.25, 0.3) is 11.0 Å². The third-order valence-electron chi connectivity index (χ3n) is 4.90. The summed E-state index contributed by atoms with van der Waals surface area (Å²) in [6.45, 7) is -0.301. The van der Waals surface area contributed by atoms with Gasteiger partial charge in [-0.15, -0.1) is 0 Å². The zero-order valence-electron chi connectivity index (χ0n) is 16.9. The monoisotopic (exact) mass is 429 g/mol. The highest BCUT2D eigenvalue weighted by molar-refractivity contribution is 5.97. The zero-order chi connectivity index (χ0) is 22.5. The lowest BCUT2D eigenvalue weighted by atomic mass is 10.0. The molecule has 0 aliphatic heterocycles. The number of amides is 2. The van der Waals surface area contributed by atoms with Crippen LogP contribution in [-0.2, 0) is 4.79 Å². The summed E-state index contributed by atoms with van der Waals surface area (Å²) in [7, 11) is 0. The molecule has 3 aromatic carbocycles. The molecule has 1 aromatic heterocycles. The number of hydrogen-bond donors (Lipinski definition) is 2. The minimum atomic E-state index is -0.582. The molecule has 0 saturated carbocycles. The number of nitrogens with one attached hydrogen (secondary N) is 2. The molecule has 0 fully saturated rings. The molecular weight excluding hydrogens is 410 g/mol. The lowest BCUT2D eigenvalue weighted by Crippen LogP contribution is -2.39. The van der Waals surface area contributed by atoms with Crippen LogP contribution in [-0.4, -0.2) is 23.3 Å². The van der Waals surface area contributed by atoms with Gasteiger partial charge in [0, 0.05) is 23.1 Å². The Labute approximate surface area is 183 Å². The highest BCUT2D eigenvalue weighted by Gasteiger charge is 2.21. The lowest BCUT2D eigenvalue weighted by Gasteiger charge is -2.17. The first kappa shape index (κ1) is 20.8. The third-order valence-corrected chi connectivity index (χ3v) is 4.90. The molecule has 2 amide bonds. The van der Waals surface area contributed by atoms with Crippen molar-refractivity contribution in [1.29, 1.82) is 0 Å². The molecule has 1 unspecified atom stereocenters. The number of fused-ring (bicyclic) bond motifs is 1. The Morgan fingerprint density at radius 2 is 1.69 bits per heavy atom. The number of carbonyl (C=O) groups excluding carboxylic acids is 2. The first-order valence-electron chi connectivity index (χ1n) is 9.87. The predicted molar refractivity (Wildman–Crippen MR) is 118 cm³/mol. The van der Waals surface area contributed by atoms with Crippen molar-refractivity contribution < 1.29 is 18.9 Å². The van der Waals surface area contributed by atoms with Crippen molar-refractivity contribution in [3.05, 3.63) is 112 Å². The van der Waals surface area contributed by atoms with Gasteiger partial charge >= 0.3 is 0 Å². The summed E-state index contributed by atoms with van der Waals surface area (Å²) in [5, 5.41) is 17.2. The number of benzene rings is 3. The molecule has 2 N–H and O–H groups in total. The van der Waals surface area contributed by atoms with Gasteiger partial charge in [-0.1, -0.05) is 54.6 Å². The van der Waals surface area contributed by atoms with E-state index >= 15 is 0 Å². The Morgan fingerprint density at radius 1 is 0.938 bits per heavy atom. The Bertz CT molecular complexity index is 1250. The molecule has 8 nitrogen and oxygen atoms in total. The summed E-state index contributed by atoms with van der Waals surface area (Å²) < 4.78 is 5.95. The molecule has 0 saturated heterocycles. The summed E-state index contributed by atoms with van der Waals surface area (Å²) in [6, 6.07) is 23.5. The van der Waals surface area contributed by atoms with Gasteiger partial charge in [0.05, 0.1) is 11.5 Å². The molecule has 0 aliphatic carbocycles. The highest BCUT2D eigenvalue weighted by Crippen LogP contribution is 2.28. The van der Waals surface area contributed by atoms with E-state index in [2.05, 4.69) is 10.6 Å². The smallest absolute Gasteiger partial charge is 0.270 e. The molecule has 8 heteroatoms. The second-order valence-electron chi connectivity index (χ2n) is 7.09. The van der Waals surface area contributed by atoms with E-state index in [0.29, 0.717) is 11.3 Å². The molecule has 0 aliphatic rings. The number of carbonyl (C=O) groups is 2. The zero-order valence-corrected chi connectivity index (χ0v) is 16.9. The van der Waals surface area contributed by atoms with Crippen LogP contribution in [0.3, 0.4) is 0 Å². The number of hydrogen-bond acceptors (Lipinski definition) is 5. The number of para-hydroxylation sites is 1. The molecule has 1 atom stereocenters. The standard InChI is InChI=1S/C24H19N3O5/c28-22(15-25-24(29)18-10-6-11-19(13-18)27(30)31)26-23(16-7-2-1-3-8-16)21-14-17-9-4-5-12-20(17)32-21/h1-14,23H,15H2,(H,25,29)(H,26,28). The summed E-state index contributed by atoms with van der Waals surface area (Å²) >= 11 is 0. The van der Waals surface area contributed by atoms with Crippen LogP contribution in [0.5, 0.6) is 0 Å². The molecule has 0 bridgehead atoms. The van der Waals surface area contributed by atoms with Crippen molar-refractivity contribution in [1.82, 2.24) is 10.6 Å². The Morgan fingerprint density at radius 3 is 2.44 bits per heavy atom. The topological polar surface area (TPSA) is 114 Å². The molecule has 0 spiro atoms. The van der Waals surface area contributed by atoms with Gasteiger partial charge in [0.1, 0.15) is 17.4 Å². The van der Waals surface area contributed by atoms with E-state index < -0.39 is 22.8 Å². The fourth-order valence-corrected chi connectivity index (χ4v) is 3.34. The van der Waals surface area contributed by atoms with Crippen LogP contribution in [0, 0.1) is 10.1 Å². The lowest BCUT2D eigenvalue weighted by molar-refractivity contribution is -0.384. The van der Waals surface area contributed by atoms with Crippen molar-refractivity contribution in [2.24, 2.45) is 0 Å². The third kappa shape index (κ3) is 4.65. The second kappa shape index (κ2) is 9.13. The summed E-state index contributed by atoms with van der Waals surface area (Å²) in [4.78, 5) is 35.3. The van der Waals surface area contributed by atoms with Gasteiger partial charge in [-0.05, 0) is 23.8 Å². The maximum Gasteiger partial charge on any atom is 0.270 e. The normalized spacial score (nSPS) is 11.6. The number of nitrogens with zero attached hydrogens (tertiary/aromatic N) is 1. The number of furan rings is 1. The second-order valence-corrected chi connectivity index (χ2v) is 7.09. The van der Waals surface area contributed by atoms with Gasteiger partial charge in [0.15, 0.2) is 0 Å². The van der Waals surface area contributed by atoms with E-state index in [0.717, 1.165) is 17.0 Å². The van der Waals surface area contributed by atoms with Gasteiger partial charge in [0.25, 0.3) is 11.6 Å². The quantitative estimate of drug-likeness (QED) is 0.341. The Balaban J connectivity index is 1.49. The van der Waals surface area contributed by atoms with E-state index in [9.17, 15) is 19.7 Å². The molecule has 32 heavy (non-hydrogen) atoms. The number of nitro benzene ring substituents is 1. The van der Waals surface area contributed by atoms with Crippen LogP contribution < -0.4 is 10.6 Å². The van der Waals surface area contributed by atoms with Crippen LogP contribution in [0.15, 0.2) is 89.3 Å². The maximum atomic E-state index is 12.7. The van der Waals surface area contributed by atoms with Gasteiger partial charge in [0.2, 0.25) is 5.91 Å². The van der Waals surface area contributed by atoms with Crippen molar-refractivity contribution in [2.75, 3.05) is 6.54 Å². The minimum Gasteiger partial charge on any atom is -0.459 e. The average Bonchev–Trinajstić information content (AvgIpc) is 3.25. The van der Waals surface area contributed by atoms with Crippen LogP contribution in [0.1, 0.15) is 27.7 Å². The first-order valence-corrected chi connectivity index (χ1v) is 9.87. The maximum absolute atomic E-state index is 12.7. The van der Waals surface area contributed by atoms with Crippen molar-refractivity contribution in [2.45, 2.75) is 6.04 Å². The van der Waals surface area contributed by atoms with Crippen LogP contribution in [0.2, 0.25) is 0 Å². The fraction of sp³-hybridized carbons (Fsp3) is 0.0833. The van der Waals surface area contributed by atoms with E-state index in [4.69, 9.17) is 4.42 Å². The van der Waals surface area contributed by atoms with Crippen LogP contribution in [0.4, 0.5) is 5.69 Å². The summed E-state index contributed by atoms with van der Waals surface area (Å²) in [5.41, 5.74) is 1.43. The molecule has 1 heterocycles. The summed E-state index contributed by atoms with van der Waals surface area (Å²) in [6.07, 6.45) is 0. The molecule has 160 valence electrons. The van der Waals surface area contributed by atoms with Gasteiger partial charge in [-0.3, -0.25) is 19.7 Å². The molecule has 4 aromatic rings. The number of non-ortho nitro benzene ring substituents is 1. The Kier molecular flexibility index (Phi) is 5.94. The SMILES string of the molecule is O=C(CNC(=O)c1cccc([N+](=O)[O-])c1)NC(c1ccccc1)c1cc2ccccc2o1. The van der Waals surface area contributed by atoms with Gasteiger partial charge < -0.3 is 15.1 Å². The molecular formula is C24H19N3O5. The fourth-order valence-electron chi connectivity index (χ4n) is 3.34. The first-order chi connectivity index (χ1) is 15.5. The molecule has 4 rings (SSSR count). The van der Waals surface area contributed by atoms with E-state index in [1.54, 1.807) is 0 Å². The Hall–Kier alpha value is -4.46. The summed E-state index contributed by atoms with van der Waals surface area (Å²) in [5.74, 6) is -0.447. The van der Waals surface area contributed by atoms with Crippen molar-refractivity contribution in [3.63, 3.8) is 0 Å². The number of rotatable bonds is 7. The van der Waals surface area contributed by atoms with E-state index in [-0.39, 0.29) is 17.8 Å². The predicted octanol–water partition coefficient (Wildman–Crippen LogP) is 3.98. The highest BCUT2D eigenvalue weighted by atomic mass is 16.6. The van der Waals surface area contributed by atoms with Gasteiger partial charge in [-0.25, -0.2) is 0 Å². The molecule has 0 radical (unpaired) electrons. The minimum absolute atomic E-state index is 0.101. The van der Waals surface area contributed by atoms with Crippen molar-refractivity contribution >= 4 is 28.5 Å². The number of nitro groups is 1. The average molecular weight is 429 g/mol. The van der Waals surface area contributed by atoms with E-state index in [1.165, 1.54) is 18.2 Å². The largest absolute Gasteiger partial charge is 0.459 e. The van der Waals surface area contributed by atoms with Crippen molar-refractivity contribution in [3.8, 4) is 0 Å². The van der Waals surface area contributed by atoms with Crippen LogP contribution >= 0.6 is 0 Å².